The van der Waals surface area contributed by atoms with Crippen LogP contribution in [-0.2, 0) is 11.2 Å². The quantitative estimate of drug-likeness (QED) is 0.745. The van der Waals surface area contributed by atoms with E-state index in [0.29, 0.717) is 24.3 Å². The van der Waals surface area contributed by atoms with Crippen molar-refractivity contribution < 1.29 is 14.3 Å². The third kappa shape index (κ3) is 4.41. The van der Waals surface area contributed by atoms with Crippen LogP contribution in [0, 0.1) is 5.92 Å². The Morgan fingerprint density at radius 1 is 1.10 bits per heavy atom. The van der Waals surface area contributed by atoms with E-state index in [2.05, 4.69) is 42.9 Å². The number of hydrogen-bond donors (Lipinski definition) is 2. The SMILES string of the molecule is COc1cc2c(cc1OC)C(c1ccccc1)N(C(=O)C1CC(CC(C)C)NN1)CC2. The van der Waals surface area contributed by atoms with Crippen molar-refractivity contribution in [1.82, 2.24) is 15.8 Å². The Hall–Kier alpha value is -2.57. The van der Waals surface area contributed by atoms with Crippen LogP contribution in [0.15, 0.2) is 42.5 Å². The number of fused-ring (bicyclic) bond motifs is 1. The Balaban J connectivity index is 1.68. The van der Waals surface area contributed by atoms with Crippen molar-refractivity contribution in [2.75, 3.05) is 20.8 Å². The molecule has 2 aliphatic heterocycles. The zero-order valence-electron chi connectivity index (χ0n) is 18.9. The second-order valence-electron chi connectivity index (χ2n) is 8.90. The van der Waals surface area contributed by atoms with E-state index in [0.717, 1.165) is 36.1 Å². The van der Waals surface area contributed by atoms with Crippen molar-refractivity contribution in [2.24, 2.45) is 5.92 Å². The minimum Gasteiger partial charge on any atom is -0.493 e. The summed E-state index contributed by atoms with van der Waals surface area (Å²) < 4.78 is 11.1. The molecule has 0 radical (unpaired) electrons. The second-order valence-corrected chi connectivity index (χ2v) is 8.90. The first kappa shape index (κ1) is 21.7. The molecule has 6 heteroatoms. The molecule has 3 unspecified atom stereocenters. The fraction of sp³-hybridized carbons (Fsp3) is 0.480. The predicted molar refractivity (Wildman–Crippen MR) is 121 cm³/mol. The van der Waals surface area contributed by atoms with Crippen molar-refractivity contribution in [3.8, 4) is 11.5 Å². The Morgan fingerprint density at radius 3 is 2.48 bits per heavy atom. The highest BCUT2D eigenvalue weighted by Crippen LogP contribution is 2.41. The maximum Gasteiger partial charge on any atom is 0.241 e. The minimum absolute atomic E-state index is 0.146. The first-order valence-corrected chi connectivity index (χ1v) is 11.1. The molecule has 2 aromatic rings. The van der Waals surface area contributed by atoms with Crippen LogP contribution in [0.4, 0.5) is 0 Å². The molecular weight excluding hydrogens is 390 g/mol. The van der Waals surface area contributed by atoms with Crippen LogP contribution in [0.5, 0.6) is 11.5 Å². The Labute approximate surface area is 184 Å². The van der Waals surface area contributed by atoms with Gasteiger partial charge in [-0.1, -0.05) is 44.2 Å². The average Bonchev–Trinajstić information content (AvgIpc) is 3.25. The fourth-order valence-electron chi connectivity index (χ4n) is 4.89. The summed E-state index contributed by atoms with van der Waals surface area (Å²) in [6, 6.07) is 14.3. The van der Waals surface area contributed by atoms with Gasteiger partial charge in [0.1, 0.15) is 6.04 Å². The van der Waals surface area contributed by atoms with Crippen LogP contribution >= 0.6 is 0 Å². The van der Waals surface area contributed by atoms with Gasteiger partial charge in [-0.05, 0) is 54.0 Å². The summed E-state index contributed by atoms with van der Waals surface area (Å²) in [5.41, 5.74) is 10.0. The summed E-state index contributed by atoms with van der Waals surface area (Å²) in [7, 11) is 3.31. The lowest BCUT2D eigenvalue weighted by Crippen LogP contribution is -2.49. The Morgan fingerprint density at radius 2 is 1.81 bits per heavy atom. The van der Waals surface area contributed by atoms with Crippen LogP contribution in [0.1, 0.15) is 49.4 Å². The highest BCUT2D eigenvalue weighted by Gasteiger charge is 2.38. The van der Waals surface area contributed by atoms with Crippen molar-refractivity contribution in [3.63, 3.8) is 0 Å². The van der Waals surface area contributed by atoms with Crippen LogP contribution in [0.2, 0.25) is 0 Å². The molecule has 166 valence electrons. The number of methoxy groups -OCH3 is 2. The number of rotatable bonds is 6. The minimum atomic E-state index is -0.211. The molecule has 0 aromatic heterocycles. The van der Waals surface area contributed by atoms with E-state index in [9.17, 15) is 4.79 Å². The Kier molecular flexibility index (Phi) is 6.49. The lowest BCUT2D eigenvalue weighted by molar-refractivity contribution is -0.135. The zero-order valence-corrected chi connectivity index (χ0v) is 18.9. The average molecular weight is 424 g/mol. The second kappa shape index (κ2) is 9.28. The summed E-state index contributed by atoms with van der Waals surface area (Å²) in [5, 5.41) is 0. The first-order valence-electron chi connectivity index (χ1n) is 11.1. The molecule has 0 saturated carbocycles. The molecule has 1 saturated heterocycles. The van der Waals surface area contributed by atoms with Gasteiger partial charge in [0.2, 0.25) is 5.91 Å². The highest BCUT2D eigenvalue weighted by molar-refractivity contribution is 5.83. The van der Waals surface area contributed by atoms with Gasteiger partial charge in [-0.15, -0.1) is 0 Å². The van der Waals surface area contributed by atoms with Gasteiger partial charge in [0.15, 0.2) is 11.5 Å². The maximum atomic E-state index is 13.7. The zero-order chi connectivity index (χ0) is 22.0. The van der Waals surface area contributed by atoms with E-state index >= 15 is 0 Å². The summed E-state index contributed by atoms with van der Waals surface area (Å²) in [6.07, 6.45) is 2.66. The smallest absolute Gasteiger partial charge is 0.241 e. The molecule has 6 nitrogen and oxygen atoms in total. The number of carbonyl (C=O) groups is 1. The highest BCUT2D eigenvalue weighted by atomic mass is 16.5. The van der Waals surface area contributed by atoms with Gasteiger partial charge in [-0.25, -0.2) is 5.43 Å². The van der Waals surface area contributed by atoms with Gasteiger partial charge < -0.3 is 14.4 Å². The van der Waals surface area contributed by atoms with Crippen molar-refractivity contribution in [1.29, 1.82) is 0 Å². The number of ether oxygens (including phenoxy) is 2. The van der Waals surface area contributed by atoms with Gasteiger partial charge in [0.25, 0.3) is 0 Å². The molecule has 2 heterocycles. The topological polar surface area (TPSA) is 62.8 Å². The molecular formula is C25H33N3O3. The number of carbonyl (C=O) groups excluding carboxylic acids is 1. The van der Waals surface area contributed by atoms with E-state index < -0.39 is 0 Å². The van der Waals surface area contributed by atoms with Gasteiger partial charge in [0, 0.05) is 12.6 Å². The molecule has 0 bridgehead atoms. The number of benzene rings is 2. The van der Waals surface area contributed by atoms with E-state index in [1.165, 1.54) is 5.56 Å². The van der Waals surface area contributed by atoms with E-state index in [4.69, 9.17) is 9.47 Å². The fourth-order valence-corrected chi connectivity index (χ4v) is 4.89. The molecule has 0 spiro atoms. The van der Waals surface area contributed by atoms with E-state index in [1.807, 2.05) is 29.2 Å². The molecule has 1 amide bonds. The maximum absolute atomic E-state index is 13.7. The summed E-state index contributed by atoms with van der Waals surface area (Å²) in [6.45, 7) is 5.10. The molecule has 2 N–H and O–H groups in total. The first-order chi connectivity index (χ1) is 15.0. The van der Waals surface area contributed by atoms with E-state index in [-0.39, 0.29) is 18.0 Å². The van der Waals surface area contributed by atoms with Crippen molar-refractivity contribution in [2.45, 2.75) is 51.2 Å². The van der Waals surface area contributed by atoms with Crippen molar-refractivity contribution in [3.05, 3.63) is 59.2 Å². The van der Waals surface area contributed by atoms with Gasteiger partial charge in [-0.3, -0.25) is 10.2 Å². The van der Waals surface area contributed by atoms with Gasteiger partial charge in [-0.2, -0.15) is 0 Å². The normalized spacial score (nSPS) is 23.0. The number of hydrogen-bond acceptors (Lipinski definition) is 5. The number of hydrazine groups is 1. The lowest BCUT2D eigenvalue weighted by Gasteiger charge is -2.39. The Bertz CT molecular complexity index is 916. The van der Waals surface area contributed by atoms with Crippen LogP contribution in [0.25, 0.3) is 0 Å². The number of amides is 1. The molecule has 2 aromatic carbocycles. The molecule has 1 fully saturated rings. The van der Waals surface area contributed by atoms with E-state index in [1.54, 1.807) is 14.2 Å². The van der Waals surface area contributed by atoms with Crippen LogP contribution in [-0.4, -0.2) is 43.7 Å². The summed E-state index contributed by atoms with van der Waals surface area (Å²) >= 11 is 0. The van der Waals surface area contributed by atoms with Gasteiger partial charge in [0.05, 0.1) is 20.3 Å². The third-order valence-corrected chi connectivity index (χ3v) is 6.31. The molecule has 2 aliphatic rings. The molecule has 0 aliphatic carbocycles. The summed E-state index contributed by atoms with van der Waals surface area (Å²) in [4.78, 5) is 15.7. The molecule has 31 heavy (non-hydrogen) atoms. The largest absolute Gasteiger partial charge is 0.493 e. The molecule has 4 rings (SSSR count). The predicted octanol–water partition coefficient (Wildman–Crippen LogP) is 3.46. The standard InChI is InChI=1S/C25H33N3O3/c1-16(2)12-19-14-21(27-26-19)25(29)28-11-10-18-13-22(30-3)23(31-4)15-20(18)24(28)17-8-6-5-7-9-17/h5-9,13,15-16,19,21,24,26-27H,10-12,14H2,1-4H3. The third-order valence-electron chi connectivity index (χ3n) is 6.31. The van der Waals surface area contributed by atoms with Gasteiger partial charge >= 0.3 is 0 Å². The number of nitrogens with one attached hydrogen (secondary N) is 2. The van der Waals surface area contributed by atoms with Crippen molar-refractivity contribution >= 4 is 5.91 Å². The summed E-state index contributed by atoms with van der Waals surface area (Å²) in [5.74, 6) is 2.16. The van der Waals surface area contributed by atoms with Crippen LogP contribution < -0.4 is 20.3 Å². The molecule has 3 atom stereocenters. The lowest BCUT2D eigenvalue weighted by atomic mass is 9.87. The van der Waals surface area contributed by atoms with Crippen LogP contribution in [0.3, 0.4) is 0 Å². The monoisotopic (exact) mass is 423 g/mol. The number of nitrogens with zero attached hydrogens (tertiary/aromatic N) is 1.